The fourth-order valence-electron chi connectivity index (χ4n) is 3.71. The van der Waals surface area contributed by atoms with Crippen LogP contribution in [0.25, 0.3) is 0 Å². The fourth-order valence-corrected chi connectivity index (χ4v) is 3.71. The number of carbonyl (C=O) groups is 2. The highest BCUT2D eigenvalue weighted by molar-refractivity contribution is 5.91. The Bertz CT molecular complexity index is 750. The summed E-state index contributed by atoms with van der Waals surface area (Å²) in [5.74, 6) is -0.00943. The van der Waals surface area contributed by atoms with Gasteiger partial charge in [0.2, 0.25) is 5.91 Å². The quantitative estimate of drug-likeness (QED) is 0.645. The van der Waals surface area contributed by atoms with Crippen LogP contribution in [-0.2, 0) is 16.1 Å². The first-order chi connectivity index (χ1) is 14.4. The van der Waals surface area contributed by atoms with E-state index in [0.29, 0.717) is 19.5 Å². The maximum atomic E-state index is 12.9. The number of nitrogens with one attached hydrogen (secondary N) is 2. The van der Waals surface area contributed by atoms with Crippen molar-refractivity contribution in [1.29, 1.82) is 0 Å². The molecule has 1 aromatic carbocycles. The van der Waals surface area contributed by atoms with E-state index in [9.17, 15) is 9.59 Å². The molecule has 0 aliphatic carbocycles. The van der Waals surface area contributed by atoms with Gasteiger partial charge in [0, 0.05) is 57.6 Å². The molecule has 2 N–H and O–H groups in total. The van der Waals surface area contributed by atoms with Crippen LogP contribution in [0.5, 0.6) is 0 Å². The molecule has 0 spiro atoms. The largest absolute Gasteiger partial charge is 0.377 e. The summed E-state index contributed by atoms with van der Waals surface area (Å²) in [5, 5.41) is 6.02. The van der Waals surface area contributed by atoms with Crippen molar-refractivity contribution in [2.45, 2.75) is 72.6 Å². The summed E-state index contributed by atoms with van der Waals surface area (Å²) in [6, 6.07) is 5.83. The summed E-state index contributed by atoms with van der Waals surface area (Å²) in [6.07, 6.45) is 2.51. The van der Waals surface area contributed by atoms with Crippen molar-refractivity contribution >= 4 is 23.3 Å². The highest BCUT2D eigenvalue weighted by Crippen LogP contribution is 2.26. The molecular weight excluding hydrogens is 392 g/mol. The molecule has 1 aromatic rings. The molecule has 0 radical (unpaired) electrons. The van der Waals surface area contributed by atoms with Gasteiger partial charge in [0.05, 0.1) is 6.10 Å². The van der Waals surface area contributed by atoms with Crippen LogP contribution in [0, 0.1) is 5.41 Å². The van der Waals surface area contributed by atoms with Crippen LogP contribution in [0.3, 0.4) is 0 Å². The van der Waals surface area contributed by atoms with E-state index in [4.69, 9.17) is 4.74 Å². The lowest BCUT2D eigenvalue weighted by Crippen LogP contribution is -2.45. The number of nitrogens with zero attached hydrogens (tertiary/aromatic N) is 2. The van der Waals surface area contributed by atoms with Crippen molar-refractivity contribution in [1.82, 2.24) is 10.2 Å². The Hall–Kier alpha value is -2.28. The fraction of sp³-hybridized carbons (Fsp3) is 0.667. The van der Waals surface area contributed by atoms with Crippen molar-refractivity contribution in [2.24, 2.45) is 5.41 Å². The molecule has 1 aliphatic heterocycles. The van der Waals surface area contributed by atoms with E-state index in [1.165, 1.54) is 0 Å². The Morgan fingerprint density at radius 1 is 1.23 bits per heavy atom. The zero-order valence-electron chi connectivity index (χ0n) is 20.2. The standard InChI is InChI=1S/C24H40N4O3/c1-17(2)25-23(30)28(16-20-9-8-12-31-20)15-18-13-19(10-11-21(18)27(6)7)26-22(29)14-24(3,4)5/h10-11,13,17,20H,8-9,12,14-16H2,1-7H3,(H,25,30)(H,26,29)/t20-/m1/s1. The highest BCUT2D eigenvalue weighted by Gasteiger charge is 2.24. The molecule has 0 unspecified atom stereocenters. The van der Waals surface area contributed by atoms with Gasteiger partial charge >= 0.3 is 6.03 Å². The number of urea groups is 1. The van der Waals surface area contributed by atoms with Gasteiger partial charge in [-0.2, -0.15) is 0 Å². The molecule has 174 valence electrons. The first kappa shape index (κ1) is 25.0. The molecule has 1 fully saturated rings. The van der Waals surface area contributed by atoms with Gasteiger partial charge in [0.25, 0.3) is 0 Å². The zero-order chi connectivity index (χ0) is 23.2. The molecule has 0 bridgehead atoms. The zero-order valence-corrected chi connectivity index (χ0v) is 20.2. The van der Waals surface area contributed by atoms with E-state index < -0.39 is 0 Å². The van der Waals surface area contributed by atoms with Gasteiger partial charge in [-0.3, -0.25) is 4.79 Å². The number of anilines is 2. The number of amides is 3. The maximum absolute atomic E-state index is 12.9. The average Bonchev–Trinajstić information content (AvgIpc) is 3.12. The molecule has 1 aliphatic rings. The van der Waals surface area contributed by atoms with Crippen LogP contribution in [0.15, 0.2) is 18.2 Å². The molecular formula is C24H40N4O3. The van der Waals surface area contributed by atoms with Gasteiger partial charge in [-0.25, -0.2) is 4.79 Å². The van der Waals surface area contributed by atoms with E-state index in [1.54, 1.807) is 0 Å². The Kier molecular flexibility index (Phi) is 8.74. The SMILES string of the molecule is CC(C)NC(=O)N(Cc1cc(NC(=O)CC(C)(C)C)ccc1N(C)C)C[C@H]1CCCO1. The Morgan fingerprint density at radius 2 is 1.94 bits per heavy atom. The molecule has 0 aromatic heterocycles. The van der Waals surface area contributed by atoms with Gasteiger partial charge in [-0.1, -0.05) is 20.8 Å². The van der Waals surface area contributed by atoms with Crippen LogP contribution in [0.2, 0.25) is 0 Å². The van der Waals surface area contributed by atoms with E-state index in [2.05, 4.69) is 10.6 Å². The number of rotatable bonds is 8. The molecule has 1 heterocycles. The van der Waals surface area contributed by atoms with E-state index in [0.717, 1.165) is 36.4 Å². The number of benzene rings is 1. The monoisotopic (exact) mass is 432 g/mol. The minimum atomic E-state index is -0.0997. The molecule has 1 saturated heterocycles. The first-order valence-electron chi connectivity index (χ1n) is 11.2. The smallest absolute Gasteiger partial charge is 0.317 e. The third-order valence-electron chi connectivity index (χ3n) is 5.04. The second-order valence-electron chi connectivity index (χ2n) is 10.1. The van der Waals surface area contributed by atoms with Gasteiger partial charge in [0.1, 0.15) is 0 Å². The predicted octanol–water partition coefficient (Wildman–Crippen LogP) is 4.23. The number of carbonyl (C=O) groups excluding carboxylic acids is 2. The van der Waals surface area contributed by atoms with E-state index >= 15 is 0 Å². The van der Waals surface area contributed by atoms with Crippen LogP contribution in [0.1, 0.15) is 59.4 Å². The van der Waals surface area contributed by atoms with E-state index in [1.807, 2.05) is 76.7 Å². The third-order valence-corrected chi connectivity index (χ3v) is 5.04. The predicted molar refractivity (Wildman–Crippen MR) is 127 cm³/mol. The van der Waals surface area contributed by atoms with Gasteiger partial charge in [0.15, 0.2) is 0 Å². The minimum absolute atomic E-state index is 0.00943. The second kappa shape index (κ2) is 10.8. The summed E-state index contributed by atoms with van der Waals surface area (Å²) in [7, 11) is 3.96. The van der Waals surface area contributed by atoms with Gasteiger partial charge in [-0.05, 0) is 55.9 Å². The lowest BCUT2D eigenvalue weighted by Gasteiger charge is -2.29. The Labute approximate surface area is 187 Å². The molecule has 7 nitrogen and oxygen atoms in total. The van der Waals surface area contributed by atoms with Crippen molar-refractivity contribution in [3.63, 3.8) is 0 Å². The van der Waals surface area contributed by atoms with Gasteiger partial charge < -0.3 is 25.2 Å². The maximum Gasteiger partial charge on any atom is 0.317 e. The van der Waals surface area contributed by atoms with Gasteiger partial charge in [-0.15, -0.1) is 0 Å². The minimum Gasteiger partial charge on any atom is -0.377 e. The summed E-state index contributed by atoms with van der Waals surface area (Å²) in [6.45, 7) is 11.8. The number of ether oxygens (including phenoxy) is 1. The summed E-state index contributed by atoms with van der Waals surface area (Å²) in [4.78, 5) is 29.2. The normalized spacial score (nSPS) is 16.3. The summed E-state index contributed by atoms with van der Waals surface area (Å²) < 4.78 is 5.79. The number of hydrogen-bond donors (Lipinski definition) is 2. The van der Waals surface area contributed by atoms with Crippen molar-refractivity contribution in [3.8, 4) is 0 Å². The van der Waals surface area contributed by atoms with E-state index in [-0.39, 0.29) is 29.5 Å². The Morgan fingerprint density at radius 3 is 2.48 bits per heavy atom. The van der Waals surface area contributed by atoms with Crippen molar-refractivity contribution < 1.29 is 14.3 Å². The first-order valence-corrected chi connectivity index (χ1v) is 11.2. The molecule has 0 saturated carbocycles. The van der Waals surface area contributed by atoms with Crippen LogP contribution in [0.4, 0.5) is 16.2 Å². The lowest BCUT2D eigenvalue weighted by molar-refractivity contribution is -0.117. The highest BCUT2D eigenvalue weighted by atomic mass is 16.5. The molecule has 7 heteroatoms. The number of hydrogen-bond acceptors (Lipinski definition) is 4. The molecule has 31 heavy (non-hydrogen) atoms. The summed E-state index contributed by atoms with van der Waals surface area (Å²) in [5.41, 5.74) is 2.67. The topological polar surface area (TPSA) is 73.9 Å². The second-order valence-corrected chi connectivity index (χ2v) is 10.1. The van der Waals surface area contributed by atoms with Crippen molar-refractivity contribution in [2.75, 3.05) is 37.5 Å². The van der Waals surface area contributed by atoms with Crippen molar-refractivity contribution in [3.05, 3.63) is 23.8 Å². The third kappa shape index (κ3) is 8.40. The molecule has 3 amide bonds. The lowest BCUT2D eigenvalue weighted by atomic mass is 9.92. The van der Waals surface area contributed by atoms with Crippen LogP contribution < -0.4 is 15.5 Å². The Balaban J connectivity index is 2.25. The summed E-state index contributed by atoms with van der Waals surface area (Å²) >= 11 is 0. The molecule has 2 rings (SSSR count). The molecule has 1 atom stereocenters. The van der Waals surface area contributed by atoms with Crippen LogP contribution in [-0.4, -0.2) is 56.2 Å². The van der Waals surface area contributed by atoms with Crippen LogP contribution >= 0.6 is 0 Å². The average molecular weight is 433 g/mol.